The van der Waals surface area contributed by atoms with Gasteiger partial charge in [0.1, 0.15) is 36.0 Å². The van der Waals surface area contributed by atoms with Gasteiger partial charge in [-0.3, -0.25) is 28.8 Å². The van der Waals surface area contributed by atoms with E-state index in [0.29, 0.717) is 44.5 Å². The molecule has 348 valence electrons. The van der Waals surface area contributed by atoms with Crippen molar-refractivity contribution in [3.63, 3.8) is 0 Å². The van der Waals surface area contributed by atoms with Gasteiger partial charge in [-0.1, -0.05) is 126 Å². The van der Waals surface area contributed by atoms with Crippen LogP contribution in [0.15, 0.2) is 78.9 Å². The van der Waals surface area contributed by atoms with Crippen LogP contribution in [0, 0.1) is 17.8 Å². The first-order valence-corrected chi connectivity index (χ1v) is 23.3. The molecule has 6 amide bonds. The van der Waals surface area contributed by atoms with E-state index in [1.54, 1.807) is 13.8 Å². The number of nitrogens with two attached hydrogens (primary N) is 1. The van der Waals surface area contributed by atoms with Crippen LogP contribution >= 0.6 is 0 Å². The van der Waals surface area contributed by atoms with E-state index in [9.17, 15) is 28.8 Å². The van der Waals surface area contributed by atoms with E-state index in [0.717, 1.165) is 53.4 Å². The summed E-state index contributed by atoms with van der Waals surface area (Å²) in [6.45, 7) is 8.88. The van der Waals surface area contributed by atoms with Crippen LogP contribution in [0.3, 0.4) is 0 Å². The second-order valence-corrected chi connectivity index (χ2v) is 18.5. The first kappa shape index (κ1) is 48.4. The number of aromatic amines is 1. The number of benzene rings is 3. The number of hydrogen-bond acceptors (Lipinski definition) is 8. The average molecular weight is 890 g/mol. The molecule has 65 heavy (non-hydrogen) atoms. The van der Waals surface area contributed by atoms with Crippen molar-refractivity contribution in [3.8, 4) is 11.1 Å². The van der Waals surface area contributed by atoms with Crippen LogP contribution < -0.4 is 32.3 Å². The lowest BCUT2D eigenvalue weighted by atomic mass is 9.96. The molecule has 3 aromatic carbocycles. The maximum absolute atomic E-state index is 14.6. The predicted octanol–water partition coefficient (Wildman–Crippen LogP) is 4.82. The highest BCUT2D eigenvalue weighted by molar-refractivity contribution is 5.97. The zero-order valence-electron chi connectivity index (χ0n) is 38.4. The van der Waals surface area contributed by atoms with E-state index in [2.05, 4.69) is 31.6 Å². The van der Waals surface area contributed by atoms with Crippen LogP contribution in [0.5, 0.6) is 0 Å². The van der Waals surface area contributed by atoms with E-state index in [1.807, 2.05) is 92.7 Å². The molecule has 2 heterocycles. The topological polar surface area (TPSA) is 221 Å². The quantitative estimate of drug-likeness (QED) is 0.0651. The van der Waals surface area contributed by atoms with Crippen molar-refractivity contribution in [2.24, 2.45) is 23.5 Å². The first-order valence-electron chi connectivity index (χ1n) is 23.3. The van der Waals surface area contributed by atoms with Crippen molar-refractivity contribution in [3.05, 3.63) is 90.3 Å². The van der Waals surface area contributed by atoms with Gasteiger partial charge in [0.15, 0.2) is 0 Å². The summed E-state index contributed by atoms with van der Waals surface area (Å²) >= 11 is 0. The van der Waals surface area contributed by atoms with Crippen molar-refractivity contribution >= 4 is 46.5 Å². The van der Waals surface area contributed by atoms with Crippen LogP contribution in [-0.4, -0.2) is 93.6 Å². The Hall–Kier alpha value is -6.09. The Morgan fingerprint density at radius 2 is 1.40 bits per heavy atom. The number of rotatable bonds is 20. The minimum atomic E-state index is -1.22. The minimum Gasteiger partial charge on any atom is -0.345 e. The van der Waals surface area contributed by atoms with Crippen LogP contribution in [0.1, 0.15) is 103 Å². The molecular formula is C50H67N9O6. The van der Waals surface area contributed by atoms with Crippen LogP contribution in [0.25, 0.3) is 22.2 Å². The highest BCUT2D eigenvalue weighted by atomic mass is 16.2. The van der Waals surface area contributed by atoms with Crippen molar-refractivity contribution in [1.82, 2.24) is 41.5 Å². The number of nitrogens with zero attached hydrogens (tertiary/aromatic N) is 2. The van der Waals surface area contributed by atoms with E-state index < -0.39 is 59.9 Å². The lowest BCUT2D eigenvalue weighted by Gasteiger charge is -2.31. The molecule has 1 saturated heterocycles. The number of aromatic nitrogens is 2. The zero-order valence-corrected chi connectivity index (χ0v) is 38.4. The summed E-state index contributed by atoms with van der Waals surface area (Å²) < 4.78 is 0. The van der Waals surface area contributed by atoms with E-state index in [-0.39, 0.29) is 36.1 Å². The number of carbonyl (C=O) groups is 6. The minimum absolute atomic E-state index is 0.119. The number of fused-ring (bicyclic) bond motifs is 1. The summed E-state index contributed by atoms with van der Waals surface area (Å²) in [7, 11) is 0. The average Bonchev–Trinajstić information content (AvgIpc) is 4.09. The Morgan fingerprint density at radius 1 is 0.738 bits per heavy atom. The Balaban J connectivity index is 1.17. The zero-order chi connectivity index (χ0) is 46.6. The molecule has 6 atom stereocenters. The van der Waals surface area contributed by atoms with E-state index in [1.165, 1.54) is 11.8 Å². The van der Waals surface area contributed by atoms with Crippen LogP contribution in [-0.2, 0) is 35.2 Å². The van der Waals surface area contributed by atoms with Gasteiger partial charge in [-0.25, -0.2) is 4.98 Å². The van der Waals surface area contributed by atoms with Gasteiger partial charge in [-0.15, -0.1) is 0 Å². The summed E-state index contributed by atoms with van der Waals surface area (Å²) in [6.07, 6.45) is 6.17. The molecule has 8 N–H and O–H groups in total. The summed E-state index contributed by atoms with van der Waals surface area (Å²) in [5, 5.41) is 14.5. The first-order chi connectivity index (χ1) is 31.2. The van der Waals surface area contributed by atoms with E-state index >= 15 is 0 Å². The van der Waals surface area contributed by atoms with Crippen molar-refractivity contribution in [1.29, 1.82) is 0 Å². The molecule has 1 saturated carbocycles. The van der Waals surface area contributed by atoms with Gasteiger partial charge in [0, 0.05) is 25.6 Å². The number of carbonyl (C=O) groups excluding carboxylic acids is 6. The normalized spacial score (nSPS) is 17.6. The molecular weight excluding hydrogens is 823 g/mol. The second kappa shape index (κ2) is 22.7. The van der Waals surface area contributed by atoms with Gasteiger partial charge in [0.05, 0.1) is 17.1 Å². The Kier molecular flexibility index (Phi) is 16.9. The highest BCUT2D eigenvalue weighted by Crippen LogP contribution is 2.31. The standard InChI is InChI=1S/C50H67N9O6/c1-30(2)26-40(52-32(5)60)50(65)59-25-15-24-42(59)48(63)58-43(31(3)4)49(64)56-41(29-51)47(62)55-39(28-34-18-12-13-19-34)46(61)54-38(27-33-16-8-6-9-17-33)45-53-37-23-14-22-36(44(37)57-45)35-20-10-7-11-21-35/h6-11,14,16-17,20-23,30-31,34,38-43H,12-13,15,18-19,24-29,51H2,1-5H3,(H,52,60)(H,53,57)(H,54,61)(H,55,62)(H,56,64)(H,58,63)/t38-,39-,40-,41-,42-,43-/m0/s1. The summed E-state index contributed by atoms with van der Waals surface area (Å²) in [6, 6.07) is 20.4. The molecule has 1 aliphatic carbocycles. The smallest absolute Gasteiger partial charge is 0.245 e. The fourth-order valence-corrected chi connectivity index (χ4v) is 9.21. The van der Waals surface area contributed by atoms with Gasteiger partial charge >= 0.3 is 0 Å². The van der Waals surface area contributed by atoms with Crippen molar-refractivity contribution in [2.75, 3.05) is 13.1 Å². The summed E-state index contributed by atoms with van der Waals surface area (Å²) in [5.74, 6) is -2.28. The van der Waals surface area contributed by atoms with Gasteiger partial charge in [-0.05, 0) is 67.1 Å². The summed E-state index contributed by atoms with van der Waals surface area (Å²) in [5.41, 5.74) is 10.7. The maximum Gasteiger partial charge on any atom is 0.245 e. The molecule has 2 fully saturated rings. The molecule has 15 heteroatoms. The Labute approximate surface area is 382 Å². The molecule has 0 bridgehead atoms. The van der Waals surface area contributed by atoms with E-state index in [4.69, 9.17) is 10.7 Å². The SMILES string of the molecule is CC(=O)N[C@@H](CC(C)C)C(=O)N1CCC[C@H]1C(=O)N[C@H](C(=O)N[C@@H](CN)C(=O)N[C@@H](CC1CCCC1)C(=O)N[C@@H](Cc1ccccc1)c1nc2c(-c3ccccc3)cccc2[nH]1)C(C)C. The number of hydrogen-bond donors (Lipinski definition) is 7. The van der Waals surface area contributed by atoms with Gasteiger partial charge in [-0.2, -0.15) is 0 Å². The molecule has 0 unspecified atom stereocenters. The lowest BCUT2D eigenvalue weighted by Crippen LogP contribution is -2.61. The highest BCUT2D eigenvalue weighted by Gasteiger charge is 2.40. The largest absolute Gasteiger partial charge is 0.345 e. The lowest BCUT2D eigenvalue weighted by molar-refractivity contribution is -0.142. The van der Waals surface area contributed by atoms with Gasteiger partial charge in [0.2, 0.25) is 35.4 Å². The number of para-hydroxylation sites is 1. The third kappa shape index (κ3) is 12.8. The fraction of sp³-hybridized carbons (Fsp3) is 0.500. The molecule has 6 rings (SSSR count). The second-order valence-electron chi connectivity index (χ2n) is 18.5. The Bertz CT molecular complexity index is 2260. The number of likely N-dealkylation sites (tertiary alicyclic amines) is 1. The number of nitrogens with one attached hydrogen (secondary N) is 6. The molecule has 1 aromatic heterocycles. The van der Waals surface area contributed by atoms with Gasteiger partial charge in [0.25, 0.3) is 0 Å². The van der Waals surface area contributed by atoms with Crippen molar-refractivity contribution in [2.45, 2.75) is 129 Å². The maximum atomic E-state index is 14.6. The third-order valence-corrected chi connectivity index (χ3v) is 12.6. The number of amides is 6. The summed E-state index contributed by atoms with van der Waals surface area (Å²) in [4.78, 5) is 92.1. The molecule has 2 aliphatic rings. The molecule has 15 nitrogen and oxygen atoms in total. The molecule has 1 aliphatic heterocycles. The predicted molar refractivity (Wildman–Crippen MR) is 251 cm³/mol. The monoisotopic (exact) mass is 890 g/mol. The van der Waals surface area contributed by atoms with Crippen LogP contribution in [0.2, 0.25) is 0 Å². The molecule has 4 aromatic rings. The van der Waals surface area contributed by atoms with Gasteiger partial charge < -0.3 is 42.2 Å². The Morgan fingerprint density at radius 3 is 2.05 bits per heavy atom. The molecule has 0 radical (unpaired) electrons. The number of imidazole rings is 1. The molecule has 0 spiro atoms. The van der Waals surface area contributed by atoms with Crippen molar-refractivity contribution < 1.29 is 28.8 Å². The fourth-order valence-electron chi connectivity index (χ4n) is 9.21. The van der Waals surface area contributed by atoms with Crippen LogP contribution in [0.4, 0.5) is 0 Å². The number of H-pyrrole nitrogens is 1. The third-order valence-electron chi connectivity index (χ3n) is 12.6.